The highest BCUT2D eigenvalue weighted by Gasteiger charge is 2.16. The largest absolute Gasteiger partial charge is 0.396 e. The maximum absolute atomic E-state index is 8.83. The number of benzene rings is 1. The fraction of sp³-hybridized carbons (Fsp3) is 0.579. The van der Waals surface area contributed by atoms with Crippen LogP contribution in [0.5, 0.6) is 0 Å². The minimum absolute atomic E-state index is 0.159. The van der Waals surface area contributed by atoms with E-state index in [0.29, 0.717) is 0 Å². The molecule has 0 bridgehead atoms. The maximum atomic E-state index is 8.83. The van der Waals surface area contributed by atoms with Gasteiger partial charge in [0.1, 0.15) is 0 Å². The lowest BCUT2D eigenvalue weighted by Gasteiger charge is -2.19. The summed E-state index contributed by atoms with van der Waals surface area (Å²) in [5.74, 6) is 1.96. The lowest BCUT2D eigenvalue weighted by molar-refractivity contribution is 0.284. The molecular formula is C19H29N3OS. The molecular weight excluding hydrogens is 318 g/mol. The third kappa shape index (κ3) is 4.84. The predicted molar refractivity (Wildman–Crippen MR) is 101 cm³/mol. The van der Waals surface area contributed by atoms with Crippen molar-refractivity contribution in [1.82, 2.24) is 14.8 Å². The summed E-state index contributed by atoms with van der Waals surface area (Å²) in [6, 6.07) is 8.66. The van der Waals surface area contributed by atoms with Crippen LogP contribution in [0.15, 0.2) is 29.4 Å². The molecule has 0 atom stereocenters. The van der Waals surface area contributed by atoms with Gasteiger partial charge in [0.15, 0.2) is 11.0 Å². The molecule has 2 aromatic rings. The summed E-state index contributed by atoms with van der Waals surface area (Å²) < 4.78 is 2.18. The molecule has 0 aliphatic rings. The number of hydrogen-bond acceptors (Lipinski definition) is 4. The maximum Gasteiger partial charge on any atom is 0.191 e. The van der Waals surface area contributed by atoms with Gasteiger partial charge in [-0.3, -0.25) is 0 Å². The van der Waals surface area contributed by atoms with E-state index < -0.39 is 0 Å². The summed E-state index contributed by atoms with van der Waals surface area (Å²) >= 11 is 1.75. The average molecular weight is 348 g/mol. The summed E-state index contributed by atoms with van der Waals surface area (Å²) in [7, 11) is 0. The first-order valence-corrected chi connectivity index (χ1v) is 9.73. The van der Waals surface area contributed by atoms with Crippen LogP contribution in [-0.2, 0) is 12.0 Å². The highest BCUT2D eigenvalue weighted by Crippen LogP contribution is 2.28. The normalized spacial score (nSPS) is 11.9. The van der Waals surface area contributed by atoms with E-state index in [9.17, 15) is 0 Å². The third-order valence-corrected chi connectivity index (χ3v) is 5.13. The van der Waals surface area contributed by atoms with Crippen LogP contribution in [0, 0.1) is 0 Å². The molecule has 1 aromatic heterocycles. The van der Waals surface area contributed by atoms with Crippen molar-refractivity contribution < 1.29 is 5.11 Å². The Morgan fingerprint density at radius 3 is 2.33 bits per heavy atom. The van der Waals surface area contributed by atoms with E-state index in [4.69, 9.17) is 5.11 Å². The SMILES string of the molecule is CCn1c(SCCCCCO)nnc1-c1ccc(C(C)(C)C)cc1. The van der Waals surface area contributed by atoms with Crippen molar-refractivity contribution in [2.75, 3.05) is 12.4 Å². The summed E-state index contributed by atoms with van der Waals surface area (Å²) in [6.45, 7) is 9.95. The second kappa shape index (κ2) is 8.67. The average Bonchev–Trinajstić information content (AvgIpc) is 2.97. The van der Waals surface area contributed by atoms with Gasteiger partial charge in [-0.25, -0.2) is 0 Å². The van der Waals surface area contributed by atoms with Gasteiger partial charge in [0.25, 0.3) is 0 Å². The Morgan fingerprint density at radius 1 is 1.04 bits per heavy atom. The summed E-state index contributed by atoms with van der Waals surface area (Å²) in [4.78, 5) is 0. The number of aromatic nitrogens is 3. The Balaban J connectivity index is 2.10. The van der Waals surface area contributed by atoms with E-state index >= 15 is 0 Å². The quantitative estimate of drug-likeness (QED) is 0.563. The second-order valence-corrected chi connectivity index (χ2v) is 8.07. The van der Waals surface area contributed by atoms with Gasteiger partial charge in [0.2, 0.25) is 0 Å². The standard InChI is InChI=1S/C19H29N3OS/c1-5-22-17(15-9-11-16(12-10-15)19(2,3)4)20-21-18(22)24-14-8-6-7-13-23/h9-12,23H,5-8,13-14H2,1-4H3. The monoisotopic (exact) mass is 347 g/mol. The number of aliphatic hydroxyl groups excluding tert-OH is 1. The number of hydrogen-bond donors (Lipinski definition) is 1. The summed E-state index contributed by atoms with van der Waals surface area (Å²) in [5, 5.41) is 18.6. The van der Waals surface area contributed by atoms with Gasteiger partial charge in [-0.2, -0.15) is 0 Å². The molecule has 0 amide bonds. The van der Waals surface area contributed by atoms with Crippen LogP contribution in [0.25, 0.3) is 11.4 Å². The molecule has 0 spiro atoms. The van der Waals surface area contributed by atoms with E-state index in [2.05, 4.69) is 66.7 Å². The van der Waals surface area contributed by atoms with Crippen molar-refractivity contribution in [2.45, 2.75) is 64.1 Å². The molecule has 0 aliphatic heterocycles. The molecule has 1 heterocycles. The Labute approximate surface area is 149 Å². The Morgan fingerprint density at radius 2 is 1.75 bits per heavy atom. The molecule has 0 unspecified atom stereocenters. The van der Waals surface area contributed by atoms with Gasteiger partial charge in [-0.15, -0.1) is 10.2 Å². The lowest BCUT2D eigenvalue weighted by atomic mass is 9.87. The van der Waals surface area contributed by atoms with Gasteiger partial charge in [-0.1, -0.05) is 63.2 Å². The van der Waals surface area contributed by atoms with E-state index in [-0.39, 0.29) is 12.0 Å². The van der Waals surface area contributed by atoms with Crippen LogP contribution < -0.4 is 0 Å². The number of thioether (sulfide) groups is 1. The fourth-order valence-corrected chi connectivity index (χ4v) is 3.57. The molecule has 1 aromatic carbocycles. The molecule has 4 nitrogen and oxygen atoms in total. The van der Waals surface area contributed by atoms with Gasteiger partial charge >= 0.3 is 0 Å². The van der Waals surface area contributed by atoms with Gasteiger partial charge in [0, 0.05) is 24.5 Å². The van der Waals surface area contributed by atoms with E-state index in [1.165, 1.54) is 5.56 Å². The van der Waals surface area contributed by atoms with Crippen LogP contribution >= 0.6 is 11.8 Å². The molecule has 0 saturated carbocycles. The van der Waals surface area contributed by atoms with Crippen LogP contribution in [0.4, 0.5) is 0 Å². The first-order valence-electron chi connectivity index (χ1n) is 8.75. The smallest absolute Gasteiger partial charge is 0.191 e. The summed E-state index contributed by atoms with van der Waals surface area (Å²) in [5.41, 5.74) is 2.60. The van der Waals surface area contributed by atoms with Crippen molar-refractivity contribution in [2.24, 2.45) is 0 Å². The minimum Gasteiger partial charge on any atom is -0.396 e. The van der Waals surface area contributed by atoms with Crippen molar-refractivity contribution in [3.05, 3.63) is 29.8 Å². The lowest BCUT2D eigenvalue weighted by Crippen LogP contribution is -2.10. The first kappa shape index (κ1) is 19.0. The molecule has 0 fully saturated rings. The van der Waals surface area contributed by atoms with Crippen molar-refractivity contribution >= 4 is 11.8 Å². The van der Waals surface area contributed by atoms with Gasteiger partial charge in [-0.05, 0) is 30.7 Å². The van der Waals surface area contributed by atoms with E-state index in [1.807, 2.05) is 0 Å². The van der Waals surface area contributed by atoms with Crippen LogP contribution in [0.1, 0.15) is 52.5 Å². The van der Waals surface area contributed by atoms with Crippen LogP contribution in [-0.4, -0.2) is 32.2 Å². The van der Waals surface area contributed by atoms with E-state index in [0.717, 1.165) is 48.1 Å². The number of unbranched alkanes of at least 4 members (excludes halogenated alkanes) is 2. The number of rotatable bonds is 8. The van der Waals surface area contributed by atoms with Gasteiger partial charge < -0.3 is 9.67 Å². The van der Waals surface area contributed by atoms with Crippen LogP contribution in [0.2, 0.25) is 0 Å². The first-order chi connectivity index (χ1) is 11.5. The van der Waals surface area contributed by atoms with Crippen molar-refractivity contribution in [3.8, 4) is 11.4 Å². The number of nitrogens with zero attached hydrogens (tertiary/aromatic N) is 3. The van der Waals surface area contributed by atoms with Crippen LogP contribution in [0.3, 0.4) is 0 Å². The fourth-order valence-electron chi connectivity index (χ4n) is 2.57. The second-order valence-electron chi connectivity index (χ2n) is 7.01. The molecule has 1 N–H and O–H groups in total. The highest BCUT2D eigenvalue weighted by atomic mass is 32.2. The highest BCUT2D eigenvalue weighted by molar-refractivity contribution is 7.99. The Hall–Kier alpha value is -1.33. The molecule has 0 radical (unpaired) electrons. The van der Waals surface area contributed by atoms with Crippen molar-refractivity contribution in [3.63, 3.8) is 0 Å². The molecule has 2 rings (SSSR count). The zero-order chi connectivity index (χ0) is 17.6. The summed E-state index contributed by atoms with van der Waals surface area (Å²) in [6.07, 6.45) is 3.04. The molecule has 5 heteroatoms. The zero-order valence-corrected chi connectivity index (χ0v) is 16.1. The predicted octanol–water partition coefficient (Wildman–Crippen LogP) is 4.52. The molecule has 132 valence electrons. The zero-order valence-electron chi connectivity index (χ0n) is 15.2. The molecule has 24 heavy (non-hydrogen) atoms. The number of aliphatic hydroxyl groups is 1. The Kier molecular flexibility index (Phi) is 6.87. The molecule has 0 saturated heterocycles. The Bertz CT molecular complexity index is 629. The minimum atomic E-state index is 0.159. The molecule has 0 aliphatic carbocycles. The third-order valence-electron chi connectivity index (χ3n) is 4.08. The van der Waals surface area contributed by atoms with Gasteiger partial charge in [0.05, 0.1) is 0 Å². The van der Waals surface area contributed by atoms with E-state index in [1.54, 1.807) is 11.8 Å². The van der Waals surface area contributed by atoms with Crippen molar-refractivity contribution in [1.29, 1.82) is 0 Å². The topological polar surface area (TPSA) is 50.9 Å².